The number of H-pyrrole nitrogens is 1. The average molecular weight is 328 g/mol. The molecule has 0 aliphatic rings. The number of anilines is 1. The third-order valence-corrected chi connectivity index (χ3v) is 4.81. The van der Waals surface area contributed by atoms with E-state index in [1.54, 1.807) is 0 Å². The van der Waals surface area contributed by atoms with Crippen LogP contribution in [0.1, 0.15) is 22.5 Å². The highest BCUT2D eigenvalue weighted by Crippen LogP contribution is 2.25. The fourth-order valence-electron chi connectivity index (χ4n) is 3.05. The predicted octanol–water partition coefficient (Wildman–Crippen LogP) is 4.97. The summed E-state index contributed by atoms with van der Waals surface area (Å²) in [5.41, 5.74) is 14.1. The molecule has 2 aromatic heterocycles. The van der Waals surface area contributed by atoms with Crippen LogP contribution in [0.4, 0.5) is 11.4 Å². The summed E-state index contributed by atoms with van der Waals surface area (Å²) in [7, 11) is 0. The highest BCUT2D eigenvalue weighted by atomic mass is 14.8. The molecule has 0 aliphatic carbocycles. The SMILES string of the molecule is Cc1[nH]c(/C=N\c2ccc3cc4ccc(N)cc4nc3c2)c(C)c1C. The molecule has 0 unspecified atom stereocenters. The maximum absolute atomic E-state index is 5.87. The largest absolute Gasteiger partial charge is 0.399 e. The summed E-state index contributed by atoms with van der Waals surface area (Å²) in [4.78, 5) is 12.7. The zero-order valence-corrected chi connectivity index (χ0v) is 14.6. The predicted molar refractivity (Wildman–Crippen MR) is 106 cm³/mol. The van der Waals surface area contributed by atoms with Crippen molar-refractivity contribution in [3.05, 3.63) is 65.0 Å². The van der Waals surface area contributed by atoms with E-state index >= 15 is 0 Å². The van der Waals surface area contributed by atoms with E-state index in [2.05, 4.69) is 42.9 Å². The number of hydrogen-bond acceptors (Lipinski definition) is 3. The molecule has 0 radical (unpaired) electrons. The lowest BCUT2D eigenvalue weighted by Gasteiger charge is -2.03. The highest BCUT2D eigenvalue weighted by Gasteiger charge is 2.05. The number of hydrogen-bond donors (Lipinski definition) is 2. The van der Waals surface area contributed by atoms with Crippen LogP contribution in [-0.2, 0) is 0 Å². The first-order valence-corrected chi connectivity index (χ1v) is 8.31. The van der Waals surface area contributed by atoms with Gasteiger partial charge in [0.1, 0.15) is 0 Å². The van der Waals surface area contributed by atoms with Crippen LogP contribution in [0, 0.1) is 20.8 Å². The minimum Gasteiger partial charge on any atom is -0.399 e. The molecule has 3 N–H and O–H groups in total. The number of aromatic amines is 1. The highest BCUT2D eigenvalue weighted by molar-refractivity contribution is 5.95. The molecule has 0 saturated heterocycles. The van der Waals surface area contributed by atoms with Crippen LogP contribution < -0.4 is 5.73 Å². The maximum Gasteiger partial charge on any atom is 0.0731 e. The van der Waals surface area contributed by atoms with Gasteiger partial charge in [0.15, 0.2) is 0 Å². The molecule has 0 spiro atoms. The van der Waals surface area contributed by atoms with Crippen LogP contribution >= 0.6 is 0 Å². The number of aryl methyl sites for hydroxylation is 1. The van der Waals surface area contributed by atoms with Gasteiger partial charge in [0.2, 0.25) is 0 Å². The van der Waals surface area contributed by atoms with Crippen molar-refractivity contribution >= 4 is 39.4 Å². The summed E-state index contributed by atoms with van der Waals surface area (Å²) in [5.74, 6) is 0. The minimum atomic E-state index is 0.724. The first kappa shape index (κ1) is 15.4. The number of nitrogens with two attached hydrogens (primary N) is 1. The Kier molecular flexibility index (Phi) is 3.53. The summed E-state index contributed by atoms with van der Waals surface area (Å²) >= 11 is 0. The maximum atomic E-state index is 5.87. The van der Waals surface area contributed by atoms with E-state index in [1.807, 2.05) is 36.5 Å². The standard InChI is InChI=1S/C21H20N4/c1-12-13(2)21(24-14(12)3)11-23-18-7-5-16-8-15-4-6-17(22)9-19(15)25-20(16)10-18/h4-11,24H,22H2,1-3H3/b23-11-. The molecule has 0 bridgehead atoms. The van der Waals surface area contributed by atoms with E-state index in [-0.39, 0.29) is 0 Å². The molecule has 4 nitrogen and oxygen atoms in total. The smallest absolute Gasteiger partial charge is 0.0731 e. The Morgan fingerprint density at radius 1 is 0.920 bits per heavy atom. The summed E-state index contributed by atoms with van der Waals surface area (Å²) in [6.07, 6.45) is 1.88. The van der Waals surface area contributed by atoms with Crippen molar-refractivity contribution in [3.63, 3.8) is 0 Å². The molecule has 0 aliphatic heterocycles. The molecule has 0 amide bonds. The molecule has 0 fully saturated rings. The number of rotatable bonds is 2. The molecule has 124 valence electrons. The molecule has 2 aromatic carbocycles. The van der Waals surface area contributed by atoms with E-state index in [4.69, 9.17) is 10.7 Å². The quantitative estimate of drug-likeness (QED) is 0.310. The van der Waals surface area contributed by atoms with E-state index in [1.165, 1.54) is 16.8 Å². The second kappa shape index (κ2) is 5.74. The molecule has 0 saturated carbocycles. The topological polar surface area (TPSA) is 67.1 Å². The van der Waals surface area contributed by atoms with Gasteiger partial charge in [-0.05, 0) is 62.2 Å². The Bertz CT molecular complexity index is 1140. The normalized spacial score (nSPS) is 11.8. The summed E-state index contributed by atoms with van der Waals surface area (Å²) < 4.78 is 0. The second-order valence-corrected chi connectivity index (χ2v) is 6.49. The van der Waals surface area contributed by atoms with Crippen molar-refractivity contribution in [2.45, 2.75) is 20.8 Å². The fraction of sp³-hybridized carbons (Fsp3) is 0.143. The van der Waals surface area contributed by atoms with Gasteiger partial charge in [-0.25, -0.2) is 4.98 Å². The first-order chi connectivity index (χ1) is 12.0. The van der Waals surface area contributed by atoms with Crippen LogP contribution in [0.3, 0.4) is 0 Å². The van der Waals surface area contributed by atoms with Gasteiger partial charge >= 0.3 is 0 Å². The van der Waals surface area contributed by atoms with Crippen molar-refractivity contribution in [2.75, 3.05) is 5.73 Å². The lowest BCUT2D eigenvalue weighted by Crippen LogP contribution is -1.87. The Labute approximate surface area is 146 Å². The van der Waals surface area contributed by atoms with Gasteiger partial charge < -0.3 is 10.7 Å². The number of fused-ring (bicyclic) bond motifs is 2. The zero-order valence-electron chi connectivity index (χ0n) is 14.6. The Morgan fingerprint density at radius 2 is 1.64 bits per heavy atom. The molecule has 4 aromatic rings. The second-order valence-electron chi connectivity index (χ2n) is 6.49. The summed E-state index contributed by atoms with van der Waals surface area (Å²) in [6.45, 7) is 6.31. The van der Waals surface area contributed by atoms with E-state index in [9.17, 15) is 0 Å². The zero-order chi connectivity index (χ0) is 17.6. The lowest BCUT2D eigenvalue weighted by molar-refractivity contribution is 1.22. The van der Waals surface area contributed by atoms with Gasteiger partial charge in [-0.3, -0.25) is 4.99 Å². The van der Waals surface area contributed by atoms with Gasteiger partial charge in [0, 0.05) is 22.2 Å². The van der Waals surface area contributed by atoms with Crippen molar-refractivity contribution < 1.29 is 0 Å². The van der Waals surface area contributed by atoms with Gasteiger partial charge in [0.05, 0.1) is 28.6 Å². The third-order valence-electron chi connectivity index (χ3n) is 4.81. The monoisotopic (exact) mass is 328 g/mol. The van der Waals surface area contributed by atoms with Crippen molar-refractivity contribution in [1.29, 1.82) is 0 Å². The molecule has 0 atom stereocenters. The number of nitrogens with zero attached hydrogens (tertiary/aromatic N) is 2. The summed E-state index contributed by atoms with van der Waals surface area (Å²) in [6, 6.07) is 14.0. The third kappa shape index (κ3) is 2.76. The molecular formula is C21H20N4. The number of nitrogen functional groups attached to an aromatic ring is 1. The number of pyridine rings is 1. The van der Waals surface area contributed by atoms with Gasteiger partial charge in [-0.15, -0.1) is 0 Å². The molecule has 25 heavy (non-hydrogen) atoms. The first-order valence-electron chi connectivity index (χ1n) is 8.31. The Hall–Kier alpha value is -3.14. The van der Waals surface area contributed by atoms with Crippen molar-refractivity contribution in [2.24, 2.45) is 4.99 Å². The van der Waals surface area contributed by atoms with Crippen LogP contribution in [0.25, 0.3) is 21.8 Å². The van der Waals surface area contributed by atoms with Crippen molar-refractivity contribution in [3.8, 4) is 0 Å². The number of nitrogens with one attached hydrogen (secondary N) is 1. The van der Waals surface area contributed by atoms with E-state index in [0.29, 0.717) is 0 Å². The number of aliphatic imine (C=N–C) groups is 1. The van der Waals surface area contributed by atoms with E-state index < -0.39 is 0 Å². The van der Waals surface area contributed by atoms with Crippen LogP contribution in [0.5, 0.6) is 0 Å². The molecule has 2 heterocycles. The molecule has 4 heteroatoms. The van der Waals surface area contributed by atoms with E-state index in [0.717, 1.165) is 38.9 Å². The van der Waals surface area contributed by atoms with Gasteiger partial charge in [-0.1, -0.05) is 12.1 Å². The van der Waals surface area contributed by atoms with Crippen molar-refractivity contribution in [1.82, 2.24) is 9.97 Å². The van der Waals surface area contributed by atoms with Crippen LogP contribution in [0.2, 0.25) is 0 Å². The fourth-order valence-corrected chi connectivity index (χ4v) is 3.05. The lowest BCUT2D eigenvalue weighted by atomic mass is 10.1. The molecule has 4 rings (SSSR count). The summed E-state index contributed by atoms with van der Waals surface area (Å²) in [5, 5.41) is 2.19. The number of aromatic nitrogens is 2. The van der Waals surface area contributed by atoms with Gasteiger partial charge in [-0.2, -0.15) is 0 Å². The van der Waals surface area contributed by atoms with Gasteiger partial charge in [0.25, 0.3) is 0 Å². The average Bonchev–Trinajstić information content (AvgIpc) is 2.85. The minimum absolute atomic E-state index is 0.724. The van der Waals surface area contributed by atoms with Crippen LogP contribution in [0.15, 0.2) is 47.5 Å². The number of benzene rings is 2. The molecular weight excluding hydrogens is 308 g/mol. The van der Waals surface area contributed by atoms with Crippen LogP contribution in [-0.4, -0.2) is 16.2 Å². The Morgan fingerprint density at radius 3 is 2.36 bits per heavy atom. The Balaban J connectivity index is 1.76.